The van der Waals surface area contributed by atoms with Gasteiger partial charge in [-0.3, -0.25) is 4.79 Å². The first kappa shape index (κ1) is 12.4. The molecule has 1 unspecified atom stereocenters. The molecule has 1 rings (SSSR count). The second-order valence-corrected chi connectivity index (χ2v) is 6.48. The van der Waals surface area contributed by atoms with Gasteiger partial charge in [-0.2, -0.15) is 0 Å². The number of hydrogen-bond donors (Lipinski definition) is 1. The van der Waals surface area contributed by atoms with Crippen molar-refractivity contribution >= 4 is 15.7 Å². The van der Waals surface area contributed by atoms with Crippen LogP contribution < -0.4 is 5.32 Å². The molecule has 0 saturated carbocycles. The molecule has 1 amide bonds. The summed E-state index contributed by atoms with van der Waals surface area (Å²) in [7, 11) is -3.28. The smallest absolute Gasteiger partial charge is 0.240 e. The molecule has 0 aromatic heterocycles. The van der Waals surface area contributed by atoms with Gasteiger partial charge in [-0.05, 0) is 13.8 Å². The molecule has 0 aromatic rings. The van der Waals surface area contributed by atoms with Crippen molar-refractivity contribution in [2.24, 2.45) is 0 Å². The minimum atomic E-state index is -3.28. The fourth-order valence-corrected chi connectivity index (χ4v) is 2.09. The Morgan fingerprint density at radius 3 is 2.60 bits per heavy atom. The molecule has 0 radical (unpaired) electrons. The largest absolute Gasteiger partial charge is 0.339 e. The fraction of sp³-hybridized carbons (Fsp3) is 0.889. The zero-order valence-corrected chi connectivity index (χ0v) is 10.2. The van der Waals surface area contributed by atoms with Crippen LogP contribution in [0.4, 0.5) is 0 Å². The highest BCUT2D eigenvalue weighted by Crippen LogP contribution is 2.07. The summed E-state index contributed by atoms with van der Waals surface area (Å²) >= 11 is 0. The van der Waals surface area contributed by atoms with Gasteiger partial charge in [0.1, 0.15) is 5.25 Å². The van der Waals surface area contributed by atoms with E-state index in [9.17, 15) is 13.2 Å². The van der Waals surface area contributed by atoms with Crippen LogP contribution in [0.15, 0.2) is 0 Å². The van der Waals surface area contributed by atoms with Gasteiger partial charge < -0.3 is 10.2 Å². The quantitative estimate of drug-likeness (QED) is 0.682. The van der Waals surface area contributed by atoms with E-state index in [-0.39, 0.29) is 11.9 Å². The van der Waals surface area contributed by atoms with Gasteiger partial charge in [0.15, 0.2) is 9.84 Å². The number of hydrogen-bond acceptors (Lipinski definition) is 4. The lowest BCUT2D eigenvalue weighted by atomic mass is 10.2. The summed E-state index contributed by atoms with van der Waals surface area (Å²) < 4.78 is 22.5. The van der Waals surface area contributed by atoms with Gasteiger partial charge in [-0.15, -0.1) is 0 Å². The third-order valence-electron chi connectivity index (χ3n) is 2.67. The third-order valence-corrected chi connectivity index (χ3v) is 4.16. The van der Waals surface area contributed by atoms with Gasteiger partial charge in [-0.1, -0.05) is 0 Å². The van der Waals surface area contributed by atoms with Crippen LogP contribution in [0.1, 0.15) is 13.8 Å². The molecular weight excluding hydrogens is 216 g/mol. The van der Waals surface area contributed by atoms with Crippen molar-refractivity contribution in [3.63, 3.8) is 0 Å². The monoisotopic (exact) mass is 234 g/mol. The Morgan fingerprint density at radius 2 is 2.13 bits per heavy atom. The summed E-state index contributed by atoms with van der Waals surface area (Å²) in [6.07, 6.45) is 1.10. The fourth-order valence-electron chi connectivity index (χ4n) is 1.57. The zero-order valence-electron chi connectivity index (χ0n) is 9.36. The number of nitrogens with zero attached hydrogens (tertiary/aromatic N) is 1. The lowest BCUT2D eigenvalue weighted by Gasteiger charge is -2.33. The van der Waals surface area contributed by atoms with Gasteiger partial charge >= 0.3 is 0 Å². The summed E-state index contributed by atoms with van der Waals surface area (Å²) in [5.41, 5.74) is 0. The number of sulfone groups is 1. The van der Waals surface area contributed by atoms with Crippen molar-refractivity contribution < 1.29 is 13.2 Å². The van der Waals surface area contributed by atoms with Crippen LogP contribution >= 0.6 is 0 Å². The first-order valence-electron chi connectivity index (χ1n) is 5.03. The second-order valence-electron chi connectivity index (χ2n) is 4.11. The van der Waals surface area contributed by atoms with E-state index < -0.39 is 15.1 Å². The molecule has 88 valence electrons. The number of rotatable bonds is 2. The van der Waals surface area contributed by atoms with E-state index in [4.69, 9.17) is 0 Å². The molecule has 1 aliphatic rings. The molecule has 1 heterocycles. The van der Waals surface area contributed by atoms with Crippen molar-refractivity contribution in [2.75, 3.05) is 25.9 Å². The van der Waals surface area contributed by atoms with Crippen molar-refractivity contribution in [1.29, 1.82) is 0 Å². The number of amides is 1. The average molecular weight is 234 g/mol. The molecule has 2 atom stereocenters. The van der Waals surface area contributed by atoms with E-state index in [0.717, 1.165) is 12.8 Å². The van der Waals surface area contributed by atoms with Gasteiger partial charge in [0, 0.05) is 31.9 Å². The van der Waals surface area contributed by atoms with Gasteiger partial charge in [0.25, 0.3) is 0 Å². The number of piperazine rings is 1. The standard InChI is InChI=1S/C9H18N2O3S/c1-7-6-11(5-4-10-7)9(12)8(2)15(3,13)14/h7-8,10H,4-6H2,1-3H3/t7-,8?/m0/s1. The number of nitrogens with one attached hydrogen (secondary N) is 1. The van der Waals surface area contributed by atoms with Crippen LogP contribution in [0.25, 0.3) is 0 Å². The van der Waals surface area contributed by atoms with Gasteiger partial charge in [0.2, 0.25) is 5.91 Å². The van der Waals surface area contributed by atoms with Crippen molar-refractivity contribution in [1.82, 2.24) is 10.2 Å². The molecule has 0 spiro atoms. The predicted molar refractivity (Wildman–Crippen MR) is 58.4 cm³/mol. The van der Waals surface area contributed by atoms with Crippen molar-refractivity contribution in [3.8, 4) is 0 Å². The molecule has 1 N–H and O–H groups in total. The summed E-state index contributed by atoms with van der Waals surface area (Å²) in [6.45, 7) is 5.32. The molecule has 1 fully saturated rings. The van der Waals surface area contributed by atoms with Crippen LogP contribution in [-0.2, 0) is 14.6 Å². The molecule has 6 heteroatoms. The van der Waals surface area contributed by atoms with Crippen LogP contribution in [0, 0.1) is 0 Å². The molecule has 15 heavy (non-hydrogen) atoms. The van der Waals surface area contributed by atoms with Crippen LogP contribution in [0.3, 0.4) is 0 Å². The Morgan fingerprint density at radius 1 is 1.53 bits per heavy atom. The van der Waals surface area contributed by atoms with Gasteiger partial charge in [0.05, 0.1) is 0 Å². The van der Waals surface area contributed by atoms with Crippen LogP contribution in [0.5, 0.6) is 0 Å². The summed E-state index contributed by atoms with van der Waals surface area (Å²) in [4.78, 5) is 13.4. The minimum Gasteiger partial charge on any atom is -0.339 e. The van der Waals surface area contributed by atoms with E-state index in [1.807, 2.05) is 6.92 Å². The lowest BCUT2D eigenvalue weighted by molar-refractivity contribution is -0.131. The normalized spacial score (nSPS) is 25.0. The Labute approximate surface area is 90.7 Å². The number of carbonyl (C=O) groups is 1. The van der Waals surface area contributed by atoms with E-state index in [1.165, 1.54) is 6.92 Å². The topological polar surface area (TPSA) is 66.5 Å². The van der Waals surface area contributed by atoms with Crippen LogP contribution in [-0.4, -0.2) is 56.4 Å². The highest BCUT2D eigenvalue weighted by Gasteiger charge is 2.30. The van der Waals surface area contributed by atoms with Gasteiger partial charge in [-0.25, -0.2) is 8.42 Å². The highest BCUT2D eigenvalue weighted by atomic mass is 32.2. The van der Waals surface area contributed by atoms with E-state index in [2.05, 4.69) is 5.32 Å². The summed E-state index contributed by atoms with van der Waals surface area (Å²) in [5, 5.41) is 2.27. The van der Waals surface area contributed by atoms with E-state index in [1.54, 1.807) is 4.90 Å². The molecule has 1 aliphatic heterocycles. The van der Waals surface area contributed by atoms with Crippen molar-refractivity contribution in [3.05, 3.63) is 0 Å². The Kier molecular flexibility index (Phi) is 3.72. The predicted octanol–water partition coefficient (Wildman–Crippen LogP) is -0.760. The average Bonchev–Trinajstić information content (AvgIpc) is 2.14. The lowest BCUT2D eigenvalue weighted by Crippen LogP contribution is -2.54. The first-order valence-corrected chi connectivity index (χ1v) is 6.99. The van der Waals surface area contributed by atoms with E-state index in [0.29, 0.717) is 13.1 Å². The SMILES string of the molecule is CC(C(=O)N1CCN[C@@H](C)C1)S(C)(=O)=O. The molecule has 5 nitrogen and oxygen atoms in total. The van der Waals surface area contributed by atoms with Crippen molar-refractivity contribution in [2.45, 2.75) is 25.1 Å². The number of carbonyl (C=O) groups excluding carboxylic acids is 1. The third kappa shape index (κ3) is 3.17. The maximum absolute atomic E-state index is 11.8. The summed E-state index contributed by atoms with van der Waals surface area (Å²) in [5.74, 6) is -0.286. The minimum absolute atomic E-state index is 0.231. The Hall–Kier alpha value is -0.620. The highest BCUT2D eigenvalue weighted by molar-refractivity contribution is 7.92. The van der Waals surface area contributed by atoms with E-state index >= 15 is 0 Å². The Bertz CT molecular complexity index is 339. The molecule has 0 aromatic carbocycles. The molecule has 0 bridgehead atoms. The maximum Gasteiger partial charge on any atom is 0.240 e. The molecular formula is C9H18N2O3S. The molecule has 1 saturated heterocycles. The van der Waals surface area contributed by atoms with Crippen LogP contribution in [0.2, 0.25) is 0 Å². The first-order chi connectivity index (χ1) is 6.82. The Balaban J connectivity index is 2.68. The molecule has 0 aliphatic carbocycles. The summed E-state index contributed by atoms with van der Waals surface area (Å²) in [6, 6.07) is 0.231. The zero-order chi connectivity index (χ0) is 11.6. The maximum atomic E-state index is 11.8. The second kappa shape index (κ2) is 4.49.